The summed E-state index contributed by atoms with van der Waals surface area (Å²) in [6, 6.07) is 24.1. The van der Waals surface area contributed by atoms with Crippen molar-refractivity contribution in [1.82, 2.24) is 5.32 Å². The third-order valence-corrected chi connectivity index (χ3v) is 5.27. The van der Waals surface area contributed by atoms with Crippen molar-refractivity contribution in [3.05, 3.63) is 95.6 Å². The molecule has 0 aromatic heterocycles. The Hall–Kier alpha value is -3.51. The van der Waals surface area contributed by atoms with Gasteiger partial charge < -0.3 is 10.2 Å². The molecule has 0 heterocycles. The minimum absolute atomic E-state index is 0.109. The third kappa shape index (κ3) is 5.80. The lowest BCUT2D eigenvalue weighted by Crippen LogP contribution is -2.34. The number of benzene rings is 3. The highest BCUT2D eigenvalue weighted by molar-refractivity contribution is 7.80. The van der Waals surface area contributed by atoms with Gasteiger partial charge in [-0.05, 0) is 73.1 Å². The van der Waals surface area contributed by atoms with Gasteiger partial charge in [-0.2, -0.15) is 0 Å². The van der Waals surface area contributed by atoms with E-state index in [1.165, 1.54) is 5.56 Å². The molecular formula is C26H27N3O2S. The Balaban J connectivity index is 1.66. The first-order valence-corrected chi connectivity index (χ1v) is 11.0. The molecule has 0 unspecified atom stereocenters. The van der Waals surface area contributed by atoms with Gasteiger partial charge in [0.2, 0.25) is 0 Å². The molecule has 3 rings (SSSR count). The Bertz CT molecular complexity index is 1100. The van der Waals surface area contributed by atoms with Crippen molar-refractivity contribution in [2.75, 3.05) is 16.8 Å². The Morgan fingerprint density at radius 3 is 2.22 bits per heavy atom. The zero-order valence-electron chi connectivity index (χ0n) is 18.5. The summed E-state index contributed by atoms with van der Waals surface area (Å²) in [6.07, 6.45) is 0. The zero-order valence-corrected chi connectivity index (χ0v) is 19.3. The Labute approximate surface area is 194 Å². The fourth-order valence-corrected chi connectivity index (χ4v) is 3.50. The van der Waals surface area contributed by atoms with Crippen molar-refractivity contribution >= 4 is 40.5 Å². The number of para-hydroxylation sites is 1. The molecule has 0 bridgehead atoms. The Morgan fingerprint density at radius 2 is 1.59 bits per heavy atom. The number of carbonyl (C=O) groups excluding carboxylic acids is 2. The van der Waals surface area contributed by atoms with Crippen molar-refractivity contribution in [2.45, 2.75) is 26.7 Å². The van der Waals surface area contributed by atoms with Crippen LogP contribution in [0.25, 0.3) is 0 Å². The SMILES string of the molecule is CCN(C(=O)c1cccc(NC(=S)NC(=O)c2ccc(C(C)C)cc2)c1)c1ccccc1. The quantitative estimate of drug-likeness (QED) is 0.485. The van der Waals surface area contributed by atoms with Gasteiger partial charge in [-0.3, -0.25) is 14.9 Å². The van der Waals surface area contributed by atoms with Gasteiger partial charge in [0.25, 0.3) is 11.8 Å². The van der Waals surface area contributed by atoms with E-state index in [0.717, 1.165) is 5.69 Å². The van der Waals surface area contributed by atoms with Crippen molar-refractivity contribution in [3.63, 3.8) is 0 Å². The van der Waals surface area contributed by atoms with E-state index in [1.807, 2.05) is 49.4 Å². The standard InChI is InChI=1S/C26H27N3O2S/c1-4-29(23-11-6-5-7-12-23)25(31)21-9-8-10-22(17-21)27-26(32)28-24(30)20-15-13-19(14-16-20)18(2)3/h5-18H,4H2,1-3H3,(H2,27,28,30,32). The maximum Gasteiger partial charge on any atom is 0.258 e. The highest BCUT2D eigenvalue weighted by Crippen LogP contribution is 2.19. The van der Waals surface area contributed by atoms with Gasteiger partial charge >= 0.3 is 0 Å². The number of thiocarbonyl (C=S) groups is 1. The first kappa shape index (κ1) is 23.2. The third-order valence-electron chi connectivity index (χ3n) is 5.06. The fraction of sp³-hybridized carbons (Fsp3) is 0.192. The number of amides is 2. The highest BCUT2D eigenvalue weighted by atomic mass is 32.1. The molecule has 0 atom stereocenters. The van der Waals surface area contributed by atoms with Crippen LogP contribution < -0.4 is 15.5 Å². The summed E-state index contributed by atoms with van der Waals surface area (Å²) in [7, 11) is 0. The van der Waals surface area contributed by atoms with Crippen LogP contribution in [0.5, 0.6) is 0 Å². The average Bonchev–Trinajstić information content (AvgIpc) is 2.80. The van der Waals surface area contributed by atoms with Crippen LogP contribution in [0.3, 0.4) is 0 Å². The minimum Gasteiger partial charge on any atom is -0.332 e. The van der Waals surface area contributed by atoms with Gasteiger partial charge in [0.05, 0.1) is 0 Å². The highest BCUT2D eigenvalue weighted by Gasteiger charge is 2.16. The van der Waals surface area contributed by atoms with Crippen LogP contribution in [0.1, 0.15) is 53.0 Å². The molecule has 3 aromatic carbocycles. The molecule has 0 radical (unpaired) electrons. The van der Waals surface area contributed by atoms with Crippen LogP contribution in [0.4, 0.5) is 11.4 Å². The number of hydrogen-bond acceptors (Lipinski definition) is 3. The largest absolute Gasteiger partial charge is 0.332 e. The second-order valence-corrected chi connectivity index (χ2v) is 8.06. The molecule has 3 aromatic rings. The predicted molar refractivity (Wildman–Crippen MR) is 134 cm³/mol. The number of carbonyl (C=O) groups is 2. The van der Waals surface area contributed by atoms with Crippen LogP contribution in [-0.2, 0) is 0 Å². The van der Waals surface area contributed by atoms with E-state index >= 15 is 0 Å². The molecule has 2 N–H and O–H groups in total. The fourth-order valence-electron chi connectivity index (χ4n) is 3.29. The van der Waals surface area contributed by atoms with Crippen LogP contribution >= 0.6 is 12.2 Å². The van der Waals surface area contributed by atoms with Crippen molar-refractivity contribution in [2.24, 2.45) is 0 Å². The number of rotatable bonds is 6. The van der Waals surface area contributed by atoms with Gasteiger partial charge in [-0.15, -0.1) is 0 Å². The molecule has 0 aliphatic rings. The molecule has 0 aliphatic heterocycles. The van der Waals surface area contributed by atoms with E-state index in [-0.39, 0.29) is 16.9 Å². The summed E-state index contributed by atoms with van der Waals surface area (Å²) >= 11 is 5.30. The molecule has 0 saturated carbocycles. The van der Waals surface area contributed by atoms with Gasteiger partial charge in [0, 0.05) is 29.0 Å². The summed E-state index contributed by atoms with van der Waals surface area (Å²) in [6.45, 7) is 6.69. The molecule has 2 amide bonds. The topological polar surface area (TPSA) is 61.4 Å². The molecule has 32 heavy (non-hydrogen) atoms. The van der Waals surface area contributed by atoms with Crippen molar-refractivity contribution in [3.8, 4) is 0 Å². The number of hydrogen-bond donors (Lipinski definition) is 2. The molecular weight excluding hydrogens is 418 g/mol. The molecule has 0 fully saturated rings. The van der Waals surface area contributed by atoms with Gasteiger partial charge in [-0.25, -0.2) is 0 Å². The predicted octanol–water partition coefficient (Wildman–Crippen LogP) is 5.60. The van der Waals surface area contributed by atoms with E-state index in [0.29, 0.717) is 29.3 Å². The number of nitrogens with one attached hydrogen (secondary N) is 2. The summed E-state index contributed by atoms with van der Waals surface area (Å²) in [5.41, 5.74) is 3.69. The maximum absolute atomic E-state index is 13.0. The van der Waals surface area contributed by atoms with E-state index in [4.69, 9.17) is 12.2 Å². The minimum atomic E-state index is -0.286. The molecule has 6 heteroatoms. The first-order chi connectivity index (χ1) is 15.4. The molecule has 5 nitrogen and oxygen atoms in total. The number of nitrogens with zero attached hydrogens (tertiary/aromatic N) is 1. The summed E-state index contributed by atoms with van der Waals surface area (Å²) < 4.78 is 0. The van der Waals surface area contributed by atoms with E-state index in [9.17, 15) is 9.59 Å². The van der Waals surface area contributed by atoms with E-state index in [2.05, 4.69) is 24.5 Å². The summed E-state index contributed by atoms with van der Waals surface area (Å²) in [4.78, 5) is 27.2. The van der Waals surface area contributed by atoms with E-state index < -0.39 is 0 Å². The molecule has 164 valence electrons. The lowest BCUT2D eigenvalue weighted by atomic mass is 10.0. The lowest BCUT2D eigenvalue weighted by molar-refractivity contribution is 0.0973. The van der Waals surface area contributed by atoms with Crippen LogP contribution in [-0.4, -0.2) is 23.5 Å². The molecule has 0 aliphatic carbocycles. The van der Waals surface area contributed by atoms with Crippen molar-refractivity contribution in [1.29, 1.82) is 0 Å². The van der Waals surface area contributed by atoms with Gasteiger partial charge in [0.1, 0.15) is 0 Å². The molecule has 0 spiro atoms. The monoisotopic (exact) mass is 445 g/mol. The van der Waals surface area contributed by atoms with Crippen LogP contribution in [0.15, 0.2) is 78.9 Å². The Morgan fingerprint density at radius 1 is 0.906 bits per heavy atom. The van der Waals surface area contributed by atoms with Gasteiger partial charge in [0.15, 0.2) is 5.11 Å². The summed E-state index contributed by atoms with van der Waals surface area (Å²) in [5.74, 6) is 0.00387. The average molecular weight is 446 g/mol. The normalized spacial score (nSPS) is 10.5. The van der Waals surface area contributed by atoms with Crippen molar-refractivity contribution < 1.29 is 9.59 Å². The lowest BCUT2D eigenvalue weighted by Gasteiger charge is -2.21. The van der Waals surface area contributed by atoms with E-state index in [1.54, 1.807) is 41.3 Å². The summed E-state index contributed by atoms with van der Waals surface area (Å²) in [5, 5.41) is 5.85. The zero-order chi connectivity index (χ0) is 23.1. The maximum atomic E-state index is 13.0. The second-order valence-electron chi connectivity index (χ2n) is 7.65. The van der Waals surface area contributed by atoms with Gasteiger partial charge in [-0.1, -0.05) is 50.2 Å². The Kier molecular flexibility index (Phi) is 7.73. The van der Waals surface area contributed by atoms with Crippen LogP contribution in [0.2, 0.25) is 0 Å². The second kappa shape index (κ2) is 10.7. The number of anilines is 2. The smallest absolute Gasteiger partial charge is 0.258 e. The van der Waals surface area contributed by atoms with Crippen LogP contribution in [0, 0.1) is 0 Å². The molecule has 0 saturated heterocycles. The first-order valence-electron chi connectivity index (χ1n) is 10.6.